The Bertz CT molecular complexity index is 1860. The van der Waals surface area contributed by atoms with E-state index in [9.17, 15) is 50.4 Å². The third-order valence-corrected chi connectivity index (χ3v) is 7.06. The van der Waals surface area contributed by atoms with Gasteiger partial charge >= 0.3 is 5.97 Å². The molecule has 5 rings (SSSR count). The van der Waals surface area contributed by atoms with Crippen LogP contribution in [0.15, 0.2) is 63.8 Å². The van der Waals surface area contributed by atoms with Gasteiger partial charge in [0.15, 0.2) is 28.8 Å². The molecule has 0 radical (unpaired) electrons. The summed E-state index contributed by atoms with van der Waals surface area (Å²) in [6.07, 6.45) is -6.74. The summed E-state index contributed by atoms with van der Waals surface area (Å²) in [4.78, 5) is 26.0. The number of fused-ring (bicyclic) bond motifs is 1. The second-order valence-electron chi connectivity index (χ2n) is 10.2. The van der Waals surface area contributed by atoms with Crippen molar-refractivity contribution in [1.29, 1.82) is 0 Å². The number of rotatable bonds is 8. The standard InChI is InChI=1S/C31H28O15/c1-42-20-6-4-14(9-18(20)35)29-30(26(39)24-19(36)10-15(32)11-21(24)44-29)46-31-28(41)27(40)25(38)22(45-31)12-43-23(37)7-3-13-2-5-16(33)17(34)8-13/h2-11,22,25,27-28,31-36,38,40-41H,12H2,1H3/b7-3+/t22-,25-,27+,28-,31+/m1/s1. The summed E-state index contributed by atoms with van der Waals surface area (Å²) in [6.45, 7) is -0.652. The van der Waals surface area contributed by atoms with Crippen molar-refractivity contribution in [3.63, 3.8) is 0 Å². The minimum Gasteiger partial charge on any atom is -0.508 e. The number of aromatic hydroxyl groups is 5. The molecule has 0 spiro atoms. The average molecular weight is 641 g/mol. The summed E-state index contributed by atoms with van der Waals surface area (Å²) >= 11 is 0. The zero-order valence-corrected chi connectivity index (χ0v) is 23.8. The Labute approximate surface area is 258 Å². The molecule has 1 aliphatic heterocycles. The van der Waals surface area contributed by atoms with E-state index in [0.29, 0.717) is 5.56 Å². The fourth-order valence-electron chi connectivity index (χ4n) is 4.69. The number of hydrogen-bond acceptors (Lipinski definition) is 15. The molecule has 4 aromatic rings. The highest BCUT2D eigenvalue weighted by Crippen LogP contribution is 2.39. The molecule has 0 unspecified atom stereocenters. The molecule has 5 atom stereocenters. The molecule has 15 heteroatoms. The summed E-state index contributed by atoms with van der Waals surface area (Å²) in [5.74, 6) is -4.04. The van der Waals surface area contributed by atoms with Crippen LogP contribution in [0.1, 0.15) is 5.56 Å². The molecule has 1 fully saturated rings. The minimum absolute atomic E-state index is 0.0558. The lowest BCUT2D eigenvalue weighted by atomic mass is 9.99. The van der Waals surface area contributed by atoms with Crippen LogP contribution in [-0.4, -0.2) is 91.2 Å². The molecule has 0 bridgehead atoms. The van der Waals surface area contributed by atoms with Crippen LogP contribution in [0, 0.1) is 0 Å². The van der Waals surface area contributed by atoms with Gasteiger partial charge in [0.05, 0.1) is 7.11 Å². The maximum absolute atomic E-state index is 13.6. The fourth-order valence-corrected chi connectivity index (χ4v) is 4.69. The third-order valence-electron chi connectivity index (χ3n) is 7.06. The number of hydrogen-bond donors (Lipinski definition) is 8. The van der Waals surface area contributed by atoms with Crippen LogP contribution < -0.4 is 14.9 Å². The first-order chi connectivity index (χ1) is 21.9. The second-order valence-corrected chi connectivity index (χ2v) is 10.2. The molecular formula is C31H28O15. The first-order valence-corrected chi connectivity index (χ1v) is 13.5. The molecular weight excluding hydrogens is 612 g/mol. The molecule has 242 valence electrons. The molecule has 1 saturated heterocycles. The Morgan fingerprint density at radius 1 is 0.870 bits per heavy atom. The zero-order valence-electron chi connectivity index (χ0n) is 23.8. The highest BCUT2D eigenvalue weighted by atomic mass is 16.7. The van der Waals surface area contributed by atoms with Gasteiger partial charge in [0.25, 0.3) is 0 Å². The molecule has 1 aliphatic rings. The number of ether oxygens (including phenoxy) is 4. The number of methoxy groups -OCH3 is 1. The molecule has 0 amide bonds. The number of esters is 1. The number of phenolic OH excluding ortho intramolecular Hbond substituents is 5. The van der Waals surface area contributed by atoms with Gasteiger partial charge in [-0.05, 0) is 42.0 Å². The molecule has 0 aliphatic carbocycles. The van der Waals surface area contributed by atoms with Gasteiger partial charge in [-0.3, -0.25) is 4.79 Å². The third kappa shape index (κ3) is 6.33. The fraction of sp³-hybridized carbons (Fsp3) is 0.226. The summed E-state index contributed by atoms with van der Waals surface area (Å²) in [5.41, 5.74) is -0.847. The smallest absolute Gasteiger partial charge is 0.330 e. The molecule has 46 heavy (non-hydrogen) atoms. The average Bonchev–Trinajstić information content (AvgIpc) is 3.01. The van der Waals surface area contributed by atoms with Gasteiger partial charge in [-0.15, -0.1) is 0 Å². The van der Waals surface area contributed by atoms with Crippen molar-refractivity contribution in [2.45, 2.75) is 30.7 Å². The van der Waals surface area contributed by atoms with Crippen molar-refractivity contribution in [2.75, 3.05) is 13.7 Å². The molecule has 15 nitrogen and oxygen atoms in total. The van der Waals surface area contributed by atoms with Gasteiger partial charge in [0.1, 0.15) is 53.5 Å². The molecule has 0 saturated carbocycles. The van der Waals surface area contributed by atoms with Gasteiger partial charge in [-0.1, -0.05) is 6.07 Å². The van der Waals surface area contributed by atoms with Crippen molar-refractivity contribution in [3.8, 4) is 51.6 Å². The van der Waals surface area contributed by atoms with Gasteiger partial charge in [-0.25, -0.2) is 4.79 Å². The van der Waals surface area contributed by atoms with Crippen LogP contribution in [0.2, 0.25) is 0 Å². The van der Waals surface area contributed by atoms with Crippen molar-refractivity contribution in [2.24, 2.45) is 0 Å². The van der Waals surface area contributed by atoms with E-state index in [1.807, 2.05) is 0 Å². The molecule has 2 heterocycles. The Morgan fingerprint density at radius 2 is 1.63 bits per heavy atom. The van der Waals surface area contributed by atoms with E-state index in [1.54, 1.807) is 0 Å². The highest BCUT2D eigenvalue weighted by Gasteiger charge is 2.46. The Hall–Kier alpha value is -5.48. The predicted octanol–water partition coefficient (Wildman–Crippen LogP) is 1.44. The summed E-state index contributed by atoms with van der Waals surface area (Å²) in [6, 6.07) is 9.69. The number of phenols is 5. The first-order valence-electron chi connectivity index (χ1n) is 13.5. The lowest BCUT2D eigenvalue weighted by Crippen LogP contribution is -2.60. The van der Waals surface area contributed by atoms with Gasteiger partial charge in [0.2, 0.25) is 17.5 Å². The highest BCUT2D eigenvalue weighted by molar-refractivity contribution is 5.88. The zero-order chi connectivity index (χ0) is 33.3. The minimum atomic E-state index is -1.95. The molecule has 8 N–H and O–H groups in total. The number of benzene rings is 3. The van der Waals surface area contributed by atoms with E-state index < -0.39 is 77.1 Å². The van der Waals surface area contributed by atoms with Crippen LogP contribution in [0.3, 0.4) is 0 Å². The van der Waals surface area contributed by atoms with Gasteiger partial charge < -0.3 is 64.2 Å². The van der Waals surface area contributed by atoms with E-state index in [1.165, 1.54) is 49.6 Å². The van der Waals surface area contributed by atoms with Crippen LogP contribution in [0.5, 0.6) is 40.2 Å². The van der Waals surface area contributed by atoms with Crippen molar-refractivity contribution in [3.05, 3.63) is 70.4 Å². The Kier molecular flexibility index (Phi) is 8.93. The van der Waals surface area contributed by atoms with Crippen LogP contribution >= 0.6 is 0 Å². The normalized spacial score (nSPS) is 21.3. The lowest BCUT2D eigenvalue weighted by Gasteiger charge is -2.39. The van der Waals surface area contributed by atoms with E-state index in [4.69, 9.17) is 23.4 Å². The number of aliphatic hydroxyl groups is 3. The number of aliphatic hydroxyl groups excluding tert-OH is 3. The van der Waals surface area contributed by atoms with E-state index in [-0.39, 0.29) is 34.2 Å². The van der Waals surface area contributed by atoms with E-state index in [0.717, 1.165) is 18.2 Å². The molecule has 1 aromatic heterocycles. The van der Waals surface area contributed by atoms with Crippen LogP contribution in [-0.2, 0) is 14.3 Å². The summed E-state index contributed by atoms with van der Waals surface area (Å²) in [7, 11) is 1.32. The van der Waals surface area contributed by atoms with E-state index in [2.05, 4.69) is 0 Å². The van der Waals surface area contributed by atoms with Crippen molar-refractivity contribution in [1.82, 2.24) is 0 Å². The van der Waals surface area contributed by atoms with Crippen molar-refractivity contribution < 1.29 is 69.0 Å². The van der Waals surface area contributed by atoms with Gasteiger partial charge in [-0.2, -0.15) is 0 Å². The summed E-state index contributed by atoms with van der Waals surface area (Å²) in [5, 5.41) is 81.0. The van der Waals surface area contributed by atoms with E-state index >= 15 is 0 Å². The SMILES string of the molecule is COc1ccc(-c2oc3cc(O)cc(O)c3c(=O)c2O[C@@H]2O[C@H](COC(=O)/C=C/c3ccc(O)c(O)c3)[C@@H](O)[C@H](O)[C@H]2O)cc1O. The molecule has 3 aromatic carbocycles. The topological polar surface area (TPSA) is 246 Å². The van der Waals surface area contributed by atoms with Crippen LogP contribution in [0.25, 0.3) is 28.4 Å². The van der Waals surface area contributed by atoms with Crippen LogP contribution in [0.4, 0.5) is 0 Å². The number of carbonyl (C=O) groups excluding carboxylic acids is 1. The summed E-state index contributed by atoms with van der Waals surface area (Å²) < 4.78 is 27.3. The maximum Gasteiger partial charge on any atom is 0.330 e. The quantitative estimate of drug-likeness (QED) is 0.0771. The maximum atomic E-state index is 13.6. The Balaban J connectivity index is 1.43. The first kappa shape index (κ1) is 31.9. The monoisotopic (exact) mass is 640 g/mol. The van der Waals surface area contributed by atoms with Crippen molar-refractivity contribution >= 4 is 23.0 Å². The van der Waals surface area contributed by atoms with Gasteiger partial charge in [0, 0.05) is 23.8 Å². The largest absolute Gasteiger partial charge is 0.508 e. The predicted molar refractivity (Wildman–Crippen MR) is 157 cm³/mol. The number of carbonyl (C=O) groups is 1. The lowest BCUT2D eigenvalue weighted by molar-refractivity contribution is -0.278. The second kappa shape index (κ2) is 12.9. The Morgan fingerprint density at radius 3 is 2.33 bits per heavy atom.